The van der Waals surface area contributed by atoms with Gasteiger partial charge in [-0.25, -0.2) is 4.90 Å². The third-order valence-electron chi connectivity index (χ3n) is 4.57. The van der Waals surface area contributed by atoms with Gasteiger partial charge in [0.2, 0.25) is 0 Å². The molecule has 0 fully saturated rings. The molecule has 0 atom stereocenters. The van der Waals surface area contributed by atoms with Gasteiger partial charge in [0, 0.05) is 10.2 Å². The average molecular weight is 449 g/mol. The van der Waals surface area contributed by atoms with Gasteiger partial charge in [-0.15, -0.1) is 0 Å². The molecule has 0 radical (unpaired) electrons. The monoisotopic (exact) mass is 448 g/mol. The lowest BCUT2D eigenvalue weighted by Crippen LogP contribution is -2.32. The molecule has 0 bridgehead atoms. The summed E-state index contributed by atoms with van der Waals surface area (Å²) < 4.78 is 6.04. The highest BCUT2D eigenvalue weighted by molar-refractivity contribution is 9.10. The number of carbonyl (C=O) groups is 2. The lowest BCUT2D eigenvalue weighted by molar-refractivity contribution is -0.120. The topological polar surface area (TPSA) is 58.6 Å². The van der Waals surface area contributed by atoms with E-state index in [-0.39, 0.29) is 11.6 Å². The zero-order valence-corrected chi connectivity index (χ0v) is 17.1. The fourth-order valence-corrected chi connectivity index (χ4v) is 3.59. The van der Waals surface area contributed by atoms with Crippen molar-refractivity contribution in [1.82, 2.24) is 0 Å². The van der Waals surface area contributed by atoms with Gasteiger partial charge < -0.3 is 10.1 Å². The molecule has 4 rings (SSSR count). The Balaban J connectivity index is 1.79. The Morgan fingerprint density at radius 3 is 2.24 bits per heavy atom. The van der Waals surface area contributed by atoms with Crippen molar-refractivity contribution in [2.45, 2.75) is 0 Å². The van der Waals surface area contributed by atoms with Crippen LogP contribution in [-0.4, -0.2) is 18.9 Å². The minimum Gasteiger partial charge on any atom is -0.497 e. The number of benzene rings is 3. The molecule has 1 heterocycles. The Hall–Kier alpha value is -3.38. The number of hydrogen-bond donors (Lipinski definition) is 1. The first-order chi connectivity index (χ1) is 14.1. The highest BCUT2D eigenvalue weighted by Gasteiger charge is 2.40. The number of nitrogens with zero attached hydrogens (tertiary/aromatic N) is 1. The molecule has 0 unspecified atom stereocenters. The summed E-state index contributed by atoms with van der Waals surface area (Å²) in [5.74, 6) is -0.126. The van der Waals surface area contributed by atoms with Crippen LogP contribution in [0.5, 0.6) is 5.75 Å². The number of rotatable bonds is 5. The second-order valence-electron chi connectivity index (χ2n) is 6.40. The summed E-state index contributed by atoms with van der Waals surface area (Å²) in [6.07, 6.45) is 0. The molecule has 3 aromatic rings. The first-order valence-corrected chi connectivity index (χ1v) is 9.73. The minimum absolute atomic E-state index is 0.245. The highest BCUT2D eigenvalue weighted by atomic mass is 79.9. The van der Waals surface area contributed by atoms with Crippen molar-refractivity contribution in [2.75, 3.05) is 17.3 Å². The van der Waals surface area contributed by atoms with Gasteiger partial charge in [0.25, 0.3) is 11.8 Å². The second-order valence-corrected chi connectivity index (χ2v) is 7.31. The molecule has 1 aliphatic heterocycles. The first-order valence-electron chi connectivity index (χ1n) is 8.93. The van der Waals surface area contributed by atoms with Crippen molar-refractivity contribution in [3.05, 3.63) is 94.6 Å². The van der Waals surface area contributed by atoms with Gasteiger partial charge in [-0.2, -0.15) is 0 Å². The lowest BCUT2D eigenvalue weighted by Gasteiger charge is -2.16. The van der Waals surface area contributed by atoms with E-state index in [4.69, 9.17) is 4.74 Å². The molecule has 1 N–H and O–H groups in total. The van der Waals surface area contributed by atoms with Crippen molar-refractivity contribution < 1.29 is 14.3 Å². The van der Waals surface area contributed by atoms with E-state index in [2.05, 4.69) is 21.2 Å². The van der Waals surface area contributed by atoms with Crippen molar-refractivity contribution in [2.24, 2.45) is 0 Å². The third-order valence-corrected chi connectivity index (χ3v) is 5.06. The van der Waals surface area contributed by atoms with E-state index in [9.17, 15) is 9.59 Å². The molecule has 6 heteroatoms. The van der Waals surface area contributed by atoms with Crippen molar-refractivity contribution in [3.8, 4) is 5.75 Å². The first kappa shape index (κ1) is 19.0. The molecule has 29 heavy (non-hydrogen) atoms. The van der Waals surface area contributed by atoms with Crippen LogP contribution in [0.4, 0.5) is 11.4 Å². The highest BCUT2D eigenvalue weighted by Crippen LogP contribution is 2.34. The van der Waals surface area contributed by atoms with Crippen molar-refractivity contribution in [3.63, 3.8) is 0 Å². The van der Waals surface area contributed by atoms with Gasteiger partial charge in [0.05, 0.1) is 18.4 Å². The van der Waals surface area contributed by atoms with Gasteiger partial charge in [-0.05, 0) is 48.0 Å². The molecule has 0 saturated carbocycles. The molecule has 1 aliphatic rings. The zero-order chi connectivity index (χ0) is 20.4. The van der Waals surface area contributed by atoms with Gasteiger partial charge >= 0.3 is 0 Å². The Bertz CT molecular complexity index is 1110. The molecular weight excluding hydrogens is 432 g/mol. The Morgan fingerprint density at radius 1 is 0.862 bits per heavy atom. The van der Waals surface area contributed by atoms with Gasteiger partial charge in [-0.3, -0.25) is 9.59 Å². The second kappa shape index (κ2) is 7.93. The number of ether oxygens (including phenoxy) is 1. The summed E-state index contributed by atoms with van der Waals surface area (Å²) in [7, 11) is 1.57. The summed E-state index contributed by atoms with van der Waals surface area (Å²) in [4.78, 5) is 27.8. The fraction of sp³-hybridized carbons (Fsp3) is 0.0435. The molecule has 2 amide bonds. The van der Waals surface area contributed by atoms with Gasteiger partial charge in [0.15, 0.2) is 0 Å². The molecule has 3 aromatic carbocycles. The van der Waals surface area contributed by atoms with E-state index < -0.39 is 5.91 Å². The Kier molecular flexibility index (Phi) is 5.18. The van der Waals surface area contributed by atoms with Crippen LogP contribution in [0.2, 0.25) is 0 Å². The number of halogens is 1. The summed E-state index contributed by atoms with van der Waals surface area (Å²) >= 11 is 3.43. The lowest BCUT2D eigenvalue weighted by atomic mass is 10.0. The Labute approximate surface area is 176 Å². The van der Waals surface area contributed by atoms with Crippen LogP contribution in [0, 0.1) is 0 Å². The largest absolute Gasteiger partial charge is 0.497 e. The minimum atomic E-state index is -0.404. The molecule has 5 nitrogen and oxygen atoms in total. The fourth-order valence-electron chi connectivity index (χ4n) is 3.19. The molecular formula is C23H17BrN2O3. The van der Waals surface area contributed by atoms with E-state index >= 15 is 0 Å². The number of hydrogen-bond acceptors (Lipinski definition) is 4. The van der Waals surface area contributed by atoms with Crippen molar-refractivity contribution >= 4 is 44.7 Å². The summed E-state index contributed by atoms with van der Waals surface area (Å²) in [5, 5.41) is 3.15. The number of carbonyl (C=O) groups excluding carboxylic acids is 2. The van der Waals surface area contributed by atoms with Crippen LogP contribution >= 0.6 is 15.9 Å². The maximum atomic E-state index is 13.3. The van der Waals surface area contributed by atoms with Crippen LogP contribution in [-0.2, 0) is 9.59 Å². The number of nitrogens with one attached hydrogen (secondary N) is 1. The van der Waals surface area contributed by atoms with Crippen LogP contribution in [0.15, 0.2) is 89.0 Å². The maximum absolute atomic E-state index is 13.3. The Morgan fingerprint density at radius 2 is 1.59 bits per heavy atom. The summed E-state index contributed by atoms with van der Waals surface area (Å²) in [6.45, 7) is 0. The van der Waals surface area contributed by atoms with E-state index in [0.717, 1.165) is 4.47 Å². The summed E-state index contributed by atoms with van der Waals surface area (Å²) in [5.41, 5.74) is 2.46. The number of amides is 2. The average Bonchev–Trinajstić information content (AvgIpc) is 2.98. The number of anilines is 2. The zero-order valence-electron chi connectivity index (χ0n) is 15.6. The number of imide groups is 1. The predicted molar refractivity (Wildman–Crippen MR) is 117 cm³/mol. The van der Waals surface area contributed by atoms with E-state index in [1.54, 1.807) is 31.4 Å². The maximum Gasteiger partial charge on any atom is 0.282 e. The molecule has 0 aromatic heterocycles. The SMILES string of the molecule is COc1ccc(N2C(=O)C(Nc3cccc(Br)c3)=C(c3ccccc3)C2=O)cc1. The standard InChI is InChI=1S/C23H17BrN2O3/c1-29-19-12-10-18(11-13-19)26-22(27)20(15-6-3-2-4-7-15)21(23(26)28)25-17-9-5-8-16(24)14-17/h2-14,25H,1H3. The van der Waals surface area contributed by atoms with Crippen LogP contribution in [0.25, 0.3) is 5.57 Å². The summed E-state index contributed by atoms with van der Waals surface area (Å²) in [6, 6.07) is 23.5. The van der Waals surface area contributed by atoms with Crippen LogP contribution < -0.4 is 15.0 Å². The normalized spacial score (nSPS) is 13.8. The van der Waals surface area contributed by atoms with Crippen LogP contribution in [0.3, 0.4) is 0 Å². The van der Waals surface area contributed by atoms with Gasteiger partial charge in [0.1, 0.15) is 11.4 Å². The predicted octanol–water partition coefficient (Wildman–Crippen LogP) is 4.85. The molecule has 144 valence electrons. The van der Waals surface area contributed by atoms with Crippen molar-refractivity contribution in [1.29, 1.82) is 0 Å². The molecule has 0 saturated heterocycles. The van der Waals surface area contributed by atoms with E-state index in [0.29, 0.717) is 28.3 Å². The smallest absolute Gasteiger partial charge is 0.282 e. The van der Waals surface area contributed by atoms with Crippen LogP contribution in [0.1, 0.15) is 5.56 Å². The molecule has 0 aliphatic carbocycles. The quantitative estimate of drug-likeness (QED) is 0.566. The third kappa shape index (κ3) is 3.67. The van der Waals surface area contributed by atoms with E-state index in [1.807, 2.05) is 54.6 Å². The van der Waals surface area contributed by atoms with Gasteiger partial charge in [-0.1, -0.05) is 52.3 Å². The molecule has 0 spiro atoms. The van der Waals surface area contributed by atoms with E-state index in [1.165, 1.54) is 4.90 Å². The number of methoxy groups -OCH3 is 1.